The van der Waals surface area contributed by atoms with Gasteiger partial charge in [0.15, 0.2) is 5.78 Å². The third-order valence-electron chi connectivity index (χ3n) is 2.62. The fourth-order valence-corrected chi connectivity index (χ4v) is 2.40. The van der Waals surface area contributed by atoms with Crippen molar-refractivity contribution in [3.63, 3.8) is 0 Å². The van der Waals surface area contributed by atoms with Gasteiger partial charge in [0, 0.05) is 12.6 Å². The van der Waals surface area contributed by atoms with E-state index in [1.54, 1.807) is 0 Å². The van der Waals surface area contributed by atoms with Gasteiger partial charge in [-0.3, -0.25) is 9.59 Å². The molecular weight excluding hydrogens is 236 g/mol. The van der Waals surface area contributed by atoms with Crippen LogP contribution in [0.5, 0.6) is 0 Å². The number of aromatic nitrogens is 1. The maximum Gasteiger partial charge on any atom is 0.228 e. The van der Waals surface area contributed by atoms with Crippen LogP contribution in [-0.2, 0) is 0 Å². The van der Waals surface area contributed by atoms with E-state index in [0.717, 1.165) is 25.8 Å². The van der Waals surface area contributed by atoms with Gasteiger partial charge in [-0.1, -0.05) is 19.8 Å². The minimum Gasteiger partial charge on any atom is -0.382 e. The van der Waals surface area contributed by atoms with E-state index >= 15 is 0 Å². The van der Waals surface area contributed by atoms with Gasteiger partial charge in [-0.25, -0.2) is 4.98 Å². The Kier molecular flexibility index (Phi) is 3.68. The normalized spacial score (nSPS) is 14.5. The molecule has 2 rings (SSSR count). The first-order valence-corrected chi connectivity index (χ1v) is 6.60. The summed E-state index contributed by atoms with van der Waals surface area (Å²) in [5, 5.41) is 3.02. The van der Waals surface area contributed by atoms with E-state index in [4.69, 9.17) is 0 Å². The molecule has 1 N–H and O–H groups in total. The number of hydrogen-bond acceptors (Lipinski definition) is 5. The van der Waals surface area contributed by atoms with E-state index in [9.17, 15) is 9.59 Å². The Labute approximate surface area is 104 Å². The number of hydrogen-bond donors (Lipinski definition) is 1. The maximum atomic E-state index is 11.9. The summed E-state index contributed by atoms with van der Waals surface area (Å²) in [6, 6.07) is 0. The summed E-state index contributed by atoms with van der Waals surface area (Å²) < 4.78 is 0. The Hall–Kier alpha value is -1.49. The number of nitrogens with one attached hydrogen (secondary N) is 1. The van der Waals surface area contributed by atoms with Crippen LogP contribution in [0.15, 0.2) is 17.3 Å². The van der Waals surface area contributed by atoms with Crippen molar-refractivity contribution < 1.29 is 9.59 Å². The van der Waals surface area contributed by atoms with Crippen LogP contribution < -0.4 is 5.32 Å². The van der Waals surface area contributed by atoms with Crippen LogP contribution in [0.4, 0.5) is 0 Å². The third kappa shape index (κ3) is 2.44. The summed E-state index contributed by atoms with van der Waals surface area (Å²) in [5.41, 5.74) is 2.21. The Morgan fingerprint density at radius 3 is 2.94 bits per heavy atom. The number of ketones is 2. The van der Waals surface area contributed by atoms with Crippen LogP contribution in [0.3, 0.4) is 0 Å². The molecule has 0 saturated heterocycles. The third-order valence-corrected chi connectivity index (χ3v) is 3.46. The molecule has 0 saturated carbocycles. The van der Waals surface area contributed by atoms with Crippen molar-refractivity contribution in [2.24, 2.45) is 0 Å². The summed E-state index contributed by atoms with van der Waals surface area (Å²) in [7, 11) is 0. The van der Waals surface area contributed by atoms with Crippen LogP contribution in [0.25, 0.3) is 0 Å². The van der Waals surface area contributed by atoms with Gasteiger partial charge in [-0.05, 0) is 6.42 Å². The molecule has 0 spiro atoms. The summed E-state index contributed by atoms with van der Waals surface area (Å²) in [6.45, 7) is 2.84. The lowest BCUT2D eigenvalue weighted by molar-refractivity contribution is 0.0977. The highest BCUT2D eigenvalue weighted by molar-refractivity contribution is 7.12. The first-order chi connectivity index (χ1) is 8.24. The van der Waals surface area contributed by atoms with E-state index < -0.39 is 0 Å². The highest BCUT2D eigenvalue weighted by atomic mass is 32.1. The van der Waals surface area contributed by atoms with Crippen molar-refractivity contribution >= 4 is 22.9 Å². The SMILES string of the molecule is CCCCCNC1=CC(=O)c2scnc2C1=O. The van der Waals surface area contributed by atoms with Gasteiger partial charge in [-0.15, -0.1) is 11.3 Å². The number of fused-ring (bicyclic) bond motifs is 1. The minimum atomic E-state index is -0.169. The molecule has 1 heterocycles. The van der Waals surface area contributed by atoms with Crippen molar-refractivity contribution in [3.05, 3.63) is 27.9 Å². The topological polar surface area (TPSA) is 59.1 Å². The lowest BCUT2D eigenvalue weighted by atomic mass is 10.0. The van der Waals surface area contributed by atoms with Crippen LogP contribution in [0.2, 0.25) is 0 Å². The number of carbonyl (C=O) groups excluding carboxylic acids is 2. The average Bonchev–Trinajstić information content (AvgIpc) is 2.80. The number of Topliss-reactive ketones (excluding diaryl/α,β-unsaturated/α-hetero) is 1. The molecule has 0 bridgehead atoms. The molecule has 0 radical (unpaired) electrons. The number of carbonyl (C=O) groups is 2. The second-order valence-corrected chi connectivity index (χ2v) is 4.77. The van der Waals surface area contributed by atoms with E-state index in [1.807, 2.05) is 0 Å². The first kappa shape index (κ1) is 12.0. The maximum absolute atomic E-state index is 11.9. The fourth-order valence-electron chi connectivity index (χ4n) is 1.70. The van der Waals surface area contributed by atoms with E-state index in [2.05, 4.69) is 17.2 Å². The van der Waals surface area contributed by atoms with Crippen molar-refractivity contribution in [1.29, 1.82) is 0 Å². The second-order valence-electron chi connectivity index (χ2n) is 3.92. The molecule has 0 fully saturated rings. The van der Waals surface area contributed by atoms with Crippen LogP contribution >= 0.6 is 11.3 Å². The van der Waals surface area contributed by atoms with Crippen LogP contribution in [0.1, 0.15) is 46.3 Å². The smallest absolute Gasteiger partial charge is 0.228 e. The number of unbranched alkanes of at least 4 members (excludes halogenated alkanes) is 2. The molecule has 1 aliphatic carbocycles. The zero-order valence-electron chi connectivity index (χ0n) is 9.66. The van der Waals surface area contributed by atoms with Gasteiger partial charge < -0.3 is 5.32 Å². The zero-order valence-corrected chi connectivity index (χ0v) is 10.5. The van der Waals surface area contributed by atoms with Crippen molar-refractivity contribution in [2.45, 2.75) is 26.2 Å². The van der Waals surface area contributed by atoms with Crippen LogP contribution in [-0.4, -0.2) is 23.1 Å². The Morgan fingerprint density at radius 1 is 1.35 bits per heavy atom. The molecular formula is C12H14N2O2S. The lowest BCUT2D eigenvalue weighted by Crippen LogP contribution is -2.27. The largest absolute Gasteiger partial charge is 0.382 e. The number of nitrogens with zero attached hydrogens (tertiary/aromatic N) is 1. The molecule has 4 nitrogen and oxygen atoms in total. The van der Waals surface area contributed by atoms with E-state index in [1.165, 1.54) is 22.9 Å². The molecule has 1 aliphatic rings. The van der Waals surface area contributed by atoms with E-state index in [-0.39, 0.29) is 11.6 Å². The molecule has 1 aromatic heterocycles. The molecule has 5 heteroatoms. The Balaban J connectivity index is 2.05. The summed E-state index contributed by atoms with van der Waals surface area (Å²) in [6.07, 6.45) is 4.63. The molecule has 17 heavy (non-hydrogen) atoms. The number of thiazole rings is 1. The highest BCUT2D eigenvalue weighted by Crippen LogP contribution is 2.22. The zero-order chi connectivity index (χ0) is 12.3. The fraction of sp³-hybridized carbons (Fsp3) is 0.417. The second kappa shape index (κ2) is 5.23. The Bertz CT molecular complexity index is 477. The molecule has 0 amide bonds. The highest BCUT2D eigenvalue weighted by Gasteiger charge is 2.27. The summed E-state index contributed by atoms with van der Waals surface area (Å²) >= 11 is 1.22. The predicted octanol–water partition coefficient (Wildman–Crippen LogP) is 2.19. The van der Waals surface area contributed by atoms with E-state index in [0.29, 0.717) is 16.3 Å². The molecule has 90 valence electrons. The number of rotatable bonds is 5. The number of allylic oxidation sites excluding steroid dienone is 2. The average molecular weight is 250 g/mol. The summed E-state index contributed by atoms with van der Waals surface area (Å²) in [4.78, 5) is 28.0. The van der Waals surface area contributed by atoms with Crippen LogP contribution in [0, 0.1) is 0 Å². The molecule has 0 aliphatic heterocycles. The monoisotopic (exact) mass is 250 g/mol. The minimum absolute atomic E-state index is 0.125. The van der Waals surface area contributed by atoms with Gasteiger partial charge in [0.1, 0.15) is 10.6 Å². The Morgan fingerprint density at radius 2 is 2.18 bits per heavy atom. The lowest BCUT2D eigenvalue weighted by Gasteiger charge is -2.12. The molecule has 0 unspecified atom stereocenters. The van der Waals surface area contributed by atoms with Gasteiger partial charge in [-0.2, -0.15) is 0 Å². The van der Waals surface area contributed by atoms with Gasteiger partial charge in [0.25, 0.3) is 0 Å². The molecule has 0 aromatic carbocycles. The van der Waals surface area contributed by atoms with Gasteiger partial charge >= 0.3 is 0 Å². The first-order valence-electron chi connectivity index (χ1n) is 5.72. The van der Waals surface area contributed by atoms with Crippen molar-refractivity contribution in [1.82, 2.24) is 10.3 Å². The van der Waals surface area contributed by atoms with Crippen molar-refractivity contribution in [2.75, 3.05) is 6.54 Å². The van der Waals surface area contributed by atoms with Gasteiger partial charge in [0.2, 0.25) is 5.78 Å². The van der Waals surface area contributed by atoms with Crippen molar-refractivity contribution in [3.8, 4) is 0 Å². The predicted molar refractivity (Wildman–Crippen MR) is 66.4 cm³/mol. The van der Waals surface area contributed by atoms with Gasteiger partial charge in [0.05, 0.1) is 11.2 Å². The summed E-state index contributed by atoms with van der Waals surface area (Å²) in [5.74, 6) is -0.294. The standard InChI is InChI=1S/C12H14N2O2S/c1-2-3-4-5-13-8-6-9(15)12-10(11(8)16)14-7-17-12/h6-7,13H,2-5H2,1H3. The quantitative estimate of drug-likeness (QED) is 0.814. The molecule has 1 aromatic rings. The molecule has 0 atom stereocenters.